The summed E-state index contributed by atoms with van der Waals surface area (Å²) in [7, 11) is 0. The monoisotopic (exact) mass is 391 g/mol. The van der Waals surface area contributed by atoms with Gasteiger partial charge < -0.3 is 9.84 Å². The van der Waals surface area contributed by atoms with Gasteiger partial charge in [-0.25, -0.2) is 4.39 Å². The van der Waals surface area contributed by atoms with E-state index in [1.807, 2.05) is 54.6 Å². The molecule has 1 saturated carbocycles. The molecule has 1 aliphatic rings. The van der Waals surface area contributed by atoms with Gasteiger partial charge in [0.15, 0.2) is 0 Å². The van der Waals surface area contributed by atoms with Crippen molar-refractivity contribution < 1.29 is 14.2 Å². The van der Waals surface area contributed by atoms with Crippen molar-refractivity contribution in [1.29, 1.82) is 0 Å². The molecule has 0 heterocycles. The highest BCUT2D eigenvalue weighted by molar-refractivity contribution is 5.63. The van der Waals surface area contributed by atoms with E-state index in [9.17, 15) is 9.50 Å². The Kier molecular flexibility index (Phi) is 6.23. The van der Waals surface area contributed by atoms with Gasteiger partial charge in [-0.3, -0.25) is 4.90 Å². The van der Waals surface area contributed by atoms with Crippen LogP contribution >= 0.6 is 0 Å². The molecule has 4 rings (SSSR count). The van der Waals surface area contributed by atoms with Crippen LogP contribution in [0.25, 0.3) is 11.1 Å². The highest BCUT2D eigenvalue weighted by Crippen LogP contribution is 2.28. The van der Waals surface area contributed by atoms with Crippen molar-refractivity contribution in [3.63, 3.8) is 0 Å². The molecule has 1 unspecified atom stereocenters. The quantitative estimate of drug-likeness (QED) is 0.563. The highest BCUT2D eigenvalue weighted by atomic mass is 19.1. The number of hydrogen-bond donors (Lipinski definition) is 1. The minimum atomic E-state index is -0.579. The largest absolute Gasteiger partial charge is 0.491 e. The molecule has 1 atom stereocenters. The standard InChI is InChI=1S/C25H26FNO2/c26-22-10-6-19(7-11-22)16-27(23-12-13-23)17-24(28)18-29-25-14-8-21(9-15-25)20-4-2-1-3-5-20/h1-11,14-15,23-24,28H,12-13,16-18H2. The SMILES string of the molecule is OC(COc1ccc(-c2ccccc2)cc1)CN(Cc1ccc(F)cc1)C1CC1. The summed E-state index contributed by atoms with van der Waals surface area (Å²) in [5.41, 5.74) is 3.36. The molecule has 3 aromatic rings. The second-order valence-corrected chi connectivity index (χ2v) is 7.64. The highest BCUT2D eigenvalue weighted by Gasteiger charge is 2.30. The maximum absolute atomic E-state index is 13.1. The van der Waals surface area contributed by atoms with Gasteiger partial charge >= 0.3 is 0 Å². The molecule has 0 amide bonds. The Morgan fingerprint density at radius 1 is 0.897 bits per heavy atom. The maximum atomic E-state index is 13.1. The molecule has 150 valence electrons. The summed E-state index contributed by atoms with van der Waals surface area (Å²) in [4.78, 5) is 2.26. The summed E-state index contributed by atoms with van der Waals surface area (Å²) < 4.78 is 18.9. The van der Waals surface area contributed by atoms with E-state index in [-0.39, 0.29) is 12.4 Å². The lowest BCUT2D eigenvalue weighted by Crippen LogP contribution is -2.36. The molecule has 1 fully saturated rings. The predicted molar refractivity (Wildman–Crippen MR) is 113 cm³/mol. The molecule has 0 aromatic heterocycles. The average Bonchev–Trinajstić information content (AvgIpc) is 3.60. The van der Waals surface area contributed by atoms with E-state index >= 15 is 0 Å². The van der Waals surface area contributed by atoms with E-state index in [0.29, 0.717) is 19.1 Å². The minimum Gasteiger partial charge on any atom is -0.491 e. The van der Waals surface area contributed by atoms with Crippen LogP contribution in [0.3, 0.4) is 0 Å². The fourth-order valence-corrected chi connectivity index (χ4v) is 3.50. The molecule has 3 aromatic carbocycles. The van der Waals surface area contributed by atoms with Crippen molar-refractivity contribution >= 4 is 0 Å². The normalized spacial score (nSPS) is 14.7. The van der Waals surface area contributed by atoms with Crippen LogP contribution in [-0.4, -0.2) is 35.3 Å². The zero-order chi connectivity index (χ0) is 20.1. The Hall–Kier alpha value is -2.69. The van der Waals surface area contributed by atoms with Crippen LogP contribution in [-0.2, 0) is 6.54 Å². The molecule has 0 aliphatic heterocycles. The molecule has 4 heteroatoms. The smallest absolute Gasteiger partial charge is 0.123 e. The number of hydrogen-bond acceptors (Lipinski definition) is 3. The van der Waals surface area contributed by atoms with E-state index in [0.717, 1.165) is 29.7 Å². The first-order valence-corrected chi connectivity index (χ1v) is 10.1. The fourth-order valence-electron chi connectivity index (χ4n) is 3.50. The molecule has 0 bridgehead atoms. The molecular formula is C25H26FNO2. The van der Waals surface area contributed by atoms with Crippen LogP contribution in [0.4, 0.5) is 4.39 Å². The Morgan fingerprint density at radius 2 is 1.55 bits per heavy atom. The topological polar surface area (TPSA) is 32.7 Å². The molecule has 29 heavy (non-hydrogen) atoms. The van der Waals surface area contributed by atoms with Gasteiger partial charge in [-0.2, -0.15) is 0 Å². The van der Waals surface area contributed by atoms with Gasteiger partial charge in [0.05, 0.1) is 0 Å². The third kappa shape index (κ3) is 5.66. The van der Waals surface area contributed by atoms with Gasteiger partial charge in [0.2, 0.25) is 0 Å². The second-order valence-electron chi connectivity index (χ2n) is 7.64. The Morgan fingerprint density at radius 3 is 2.21 bits per heavy atom. The molecule has 3 nitrogen and oxygen atoms in total. The van der Waals surface area contributed by atoms with Crippen LogP contribution in [0.2, 0.25) is 0 Å². The Bertz CT molecular complexity index is 892. The fraction of sp³-hybridized carbons (Fsp3) is 0.280. The van der Waals surface area contributed by atoms with Crippen LogP contribution in [0.15, 0.2) is 78.9 Å². The summed E-state index contributed by atoms with van der Waals surface area (Å²) in [6.45, 7) is 1.51. The van der Waals surface area contributed by atoms with E-state index in [1.54, 1.807) is 0 Å². The minimum absolute atomic E-state index is 0.224. The lowest BCUT2D eigenvalue weighted by atomic mass is 10.1. The Balaban J connectivity index is 1.29. The lowest BCUT2D eigenvalue weighted by molar-refractivity contribution is 0.0626. The predicted octanol–water partition coefficient (Wildman–Crippen LogP) is 4.90. The molecule has 1 aliphatic carbocycles. The van der Waals surface area contributed by atoms with Gasteiger partial charge in [-0.1, -0.05) is 54.6 Å². The maximum Gasteiger partial charge on any atom is 0.123 e. The van der Waals surface area contributed by atoms with E-state index in [2.05, 4.69) is 17.0 Å². The first kappa shape index (κ1) is 19.6. The van der Waals surface area contributed by atoms with Gasteiger partial charge in [0.25, 0.3) is 0 Å². The van der Waals surface area contributed by atoms with Crippen molar-refractivity contribution in [2.24, 2.45) is 0 Å². The van der Waals surface area contributed by atoms with Gasteiger partial charge in [0, 0.05) is 19.1 Å². The van der Waals surface area contributed by atoms with Crippen molar-refractivity contribution in [1.82, 2.24) is 4.90 Å². The van der Waals surface area contributed by atoms with Crippen LogP contribution in [0.1, 0.15) is 18.4 Å². The number of rotatable bonds is 9. The van der Waals surface area contributed by atoms with Crippen LogP contribution in [0.5, 0.6) is 5.75 Å². The van der Waals surface area contributed by atoms with E-state index < -0.39 is 6.10 Å². The molecule has 1 N–H and O–H groups in total. The van der Waals surface area contributed by atoms with Crippen LogP contribution < -0.4 is 4.74 Å². The van der Waals surface area contributed by atoms with E-state index in [4.69, 9.17) is 4.74 Å². The van der Waals surface area contributed by atoms with Crippen molar-refractivity contribution in [2.75, 3.05) is 13.2 Å². The van der Waals surface area contributed by atoms with Crippen molar-refractivity contribution in [3.05, 3.63) is 90.2 Å². The molecule has 0 radical (unpaired) electrons. The van der Waals surface area contributed by atoms with Gasteiger partial charge in [-0.15, -0.1) is 0 Å². The van der Waals surface area contributed by atoms with Crippen LogP contribution in [0, 0.1) is 5.82 Å². The van der Waals surface area contributed by atoms with Gasteiger partial charge in [-0.05, 0) is 53.8 Å². The molecule has 0 saturated heterocycles. The number of ether oxygens (including phenoxy) is 1. The van der Waals surface area contributed by atoms with Crippen molar-refractivity contribution in [2.45, 2.75) is 31.5 Å². The first-order valence-electron chi connectivity index (χ1n) is 10.1. The lowest BCUT2D eigenvalue weighted by Gasteiger charge is -2.25. The summed E-state index contributed by atoms with van der Waals surface area (Å²) in [5, 5.41) is 10.5. The van der Waals surface area contributed by atoms with E-state index in [1.165, 1.54) is 17.7 Å². The number of aliphatic hydroxyl groups excluding tert-OH is 1. The average molecular weight is 391 g/mol. The zero-order valence-corrected chi connectivity index (χ0v) is 16.4. The Labute approximate surface area is 171 Å². The number of halogens is 1. The summed E-state index contributed by atoms with van der Waals surface area (Å²) in [6.07, 6.45) is 1.72. The summed E-state index contributed by atoms with van der Waals surface area (Å²) >= 11 is 0. The first-order chi connectivity index (χ1) is 14.2. The summed E-state index contributed by atoms with van der Waals surface area (Å²) in [5.74, 6) is 0.527. The van der Waals surface area contributed by atoms with Gasteiger partial charge in [0.1, 0.15) is 24.3 Å². The third-order valence-corrected chi connectivity index (χ3v) is 5.21. The zero-order valence-electron chi connectivity index (χ0n) is 16.4. The summed E-state index contributed by atoms with van der Waals surface area (Å²) in [6, 6.07) is 25.2. The molecule has 0 spiro atoms. The second kappa shape index (κ2) is 9.21. The number of nitrogens with zero attached hydrogens (tertiary/aromatic N) is 1. The molecular weight excluding hydrogens is 365 g/mol. The number of aliphatic hydroxyl groups is 1. The van der Waals surface area contributed by atoms with Crippen molar-refractivity contribution in [3.8, 4) is 16.9 Å². The number of benzene rings is 3. The third-order valence-electron chi connectivity index (χ3n) is 5.21.